The lowest BCUT2D eigenvalue weighted by atomic mass is 9.90. The number of aromatic nitrogens is 4. The molecule has 0 saturated carbocycles. The highest BCUT2D eigenvalue weighted by molar-refractivity contribution is 5.82. The average molecular weight is 308 g/mol. The topological polar surface area (TPSA) is 155 Å². The predicted molar refractivity (Wildman–Crippen MR) is 74.5 cm³/mol. The number of aliphatic hydroxyl groups is 2. The van der Waals surface area contributed by atoms with Gasteiger partial charge in [0.2, 0.25) is 5.95 Å². The molecule has 0 radical (unpaired) electrons. The van der Waals surface area contributed by atoms with Crippen molar-refractivity contribution in [3.05, 3.63) is 6.33 Å². The van der Waals surface area contributed by atoms with Gasteiger partial charge in [-0.25, -0.2) is 4.98 Å². The van der Waals surface area contributed by atoms with Gasteiger partial charge >= 0.3 is 0 Å². The van der Waals surface area contributed by atoms with Crippen LogP contribution in [0.15, 0.2) is 6.33 Å². The van der Waals surface area contributed by atoms with Crippen molar-refractivity contribution in [2.45, 2.75) is 30.5 Å². The van der Waals surface area contributed by atoms with E-state index in [9.17, 15) is 10.2 Å². The van der Waals surface area contributed by atoms with Crippen molar-refractivity contribution >= 4 is 22.9 Å². The van der Waals surface area contributed by atoms with Crippen LogP contribution in [0.4, 0.5) is 11.8 Å². The molecule has 118 valence electrons. The van der Waals surface area contributed by atoms with Gasteiger partial charge in [0.15, 0.2) is 17.7 Å². The summed E-state index contributed by atoms with van der Waals surface area (Å²) in [7, 11) is 0. The third-order valence-electron chi connectivity index (χ3n) is 4.33. The number of nitrogens with zero attached hydrogens (tertiary/aromatic N) is 4. The number of fused-ring (bicyclic) bond motifs is 3. The van der Waals surface area contributed by atoms with Gasteiger partial charge in [-0.15, -0.1) is 0 Å². The number of anilines is 2. The van der Waals surface area contributed by atoms with Crippen LogP contribution >= 0.6 is 0 Å². The summed E-state index contributed by atoms with van der Waals surface area (Å²) in [5.74, 6) is 0.187. The van der Waals surface area contributed by atoms with E-state index in [1.807, 2.05) is 0 Å². The Balaban J connectivity index is 1.83. The Kier molecular flexibility index (Phi) is 2.78. The maximum atomic E-state index is 10.4. The van der Waals surface area contributed by atoms with Crippen LogP contribution in [0.25, 0.3) is 11.2 Å². The predicted octanol–water partition coefficient (Wildman–Crippen LogP) is -1.60. The summed E-state index contributed by atoms with van der Waals surface area (Å²) in [6, 6.07) is 0. The fourth-order valence-corrected chi connectivity index (χ4v) is 3.15. The van der Waals surface area contributed by atoms with Gasteiger partial charge < -0.3 is 31.2 Å². The maximum absolute atomic E-state index is 10.4. The van der Waals surface area contributed by atoms with Gasteiger partial charge in [-0.2, -0.15) is 9.97 Å². The van der Waals surface area contributed by atoms with Gasteiger partial charge in [-0.05, 0) is 0 Å². The average Bonchev–Trinajstić information content (AvgIpc) is 2.94. The van der Waals surface area contributed by atoms with E-state index >= 15 is 0 Å². The normalized spacial score (nSPS) is 34.4. The largest absolute Gasteiger partial charge is 0.393 e. The van der Waals surface area contributed by atoms with Gasteiger partial charge in [-0.1, -0.05) is 0 Å². The molecule has 2 aliphatic heterocycles. The second kappa shape index (κ2) is 4.49. The summed E-state index contributed by atoms with van der Waals surface area (Å²) in [5, 5.41) is 20.0. The Morgan fingerprint density at radius 3 is 2.95 bits per heavy atom. The summed E-state index contributed by atoms with van der Waals surface area (Å²) in [6.07, 6.45) is -0.352. The van der Waals surface area contributed by atoms with Crippen molar-refractivity contribution in [1.82, 2.24) is 19.5 Å². The Labute approximate surface area is 124 Å². The van der Waals surface area contributed by atoms with Crippen molar-refractivity contribution in [1.29, 1.82) is 0 Å². The molecule has 2 aromatic heterocycles. The molecule has 2 bridgehead atoms. The number of rotatable bonds is 2. The van der Waals surface area contributed by atoms with Crippen LogP contribution in [0, 0.1) is 0 Å². The summed E-state index contributed by atoms with van der Waals surface area (Å²) in [6.45, 7) is 0.0983. The highest BCUT2D eigenvalue weighted by Gasteiger charge is 2.58. The van der Waals surface area contributed by atoms with Crippen LogP contribution < -0.4 is 11.5 Å². The van der Waals surface area contributed by atoms with Gasteiger partial charge in [0.05, 0.1) is 19.5 Å². The molecule has 0 unspecified atom stereocenters. The van der Waals surface area contributed by atoms with Crippen LogP contribution in [0.2, 0.25) is 0 Å². The minimum atomic E-state index is -1.03. The number of nitrogens with two attached hydrogens (primary N) is 2. The van der Waals surface area contributed by atoms with E-state index < -0.39 is 24.0 Å². The fraction of sp³-hybridized carbons (Fsp3) is 0.583. The molecule has 0 aromatic carbocycles. The second-order valence-electron chi connectivity index (χ2n) is 5.55. The monoisotopic (exact) mass is 308 g/mol. The fourth-order valence-electron chi connectivity index (χ4n) is 3.15. The van der Waals surface area contributed by atoms with E-state index in [0.29, 0.717) is 24.2 Å². The molecular weight excluding hydrogens is 292 g/mol. The van der Waals surface area contributed by atoms with E-state index in [4.69, 9.17) is 20.9 Å². The minimum absolute atomic E-state index is 0.0195. The van der Waals surface area contributed by atoms with Crippen molar-refractivity contribution in [2.75, 3.05) is 24.7 Å². The summed E-state index contributed by atoms with van der Waals surface area (Å²) in [5.41, 5.74) is 11.2. The van der Waals surface area contributed by atoms with Crippen molar-refractivity contribution < 1.29 is 19.7 Å². The first-order valence-electron chi connectivity index (χ1n) is 6.89. The number of nitrogen functional groups attached to an aromatic ring is 2. The van der Waals surface area contributed by atoms with E-state index in [1.165, 1.54) is 6.33 Å². The molecular formula is C12H16N6O4. The zero-order chi connectivity index (χ0) is 15.5. The molecule has 2 aromatic rings. The molecule has 0 aliphatic carbocycles. The van der Waals surface area contributed by atoms with E-state index in [0.717, 1.165) is 0 Å². The highest BCUT2D eigenvalue weighted by Crippen LogP contribution is 2.44. The van der Waals surface area contributed by atoms with Crippen LogP contribution in [0.3, 0.4) is 0 Å². The molecule has 10 heteroatoms. The maximum Gasteiger partial charge on any atom is 0.224 e. The standard InChI is InChI=1S/C12H16N6O4/c13-8-5-9(17-11(14)16-8)18(4-15-5)10-6-7(20)12(3-19,22-10)1-2-21-6/h4,6-7,10,19-20H,1-3H2,(H4,13,14,16,17)/t6-,7+,10-,12-/m1/s1. The first-order valence-corrected chi connectivity index (χ1v) is 6.89. The van der Waals surface area contributed by atoms with E-state index in [-0.39, 0.29) is 18.4 Å². The first kappa shape index (κ1) is 13.6. The molecule has 0 spiro atoms. The molecule has 4 heterocycles. The third-order valence-corrected chi connectivity index (χ3v) is 4.33. The zero-order valence-corrected chi connectivity index (χ0v) is 11.6. The van der Waals surface area contributed by atoms with Crippen molar-refractivity contribution in [2.24, 2.45) is 0 Å². The quantitative estimate of drug-likeness (QED) is 0.513. The third kappa shape index (κ3) is 1.66. The zero-order valence-electron chi connectivity index (χ0n) is 11.6. The summed E-state index contributed by atoms with van der Waals surface area (Å²) in [4.78, 5) is 12.2. The molecule has 10 nitrogen and oxygen atoms in total. The van der Waals surface area contributed by atoms with Crippen molar-refractivity contribution in [3.63, 3.8) is 0 Å². The SMILES string of the molecule is Nc1nc(N)c2ncn([C@@H]3O[C@@]4(CO)CCO[C@@H]3[C@@H]4O)c2n1. The molecule has 4 atom stereocenters. The molecule has 2 fully saturated rings. The number of aliphatic hydroxyl groups excluding tert-OH is 2. The van der Waals surface area contributed by atoms with Gasteiger partial charge in [0, 0.05) is 6.42 Å². The highest BCUT2D eigenvalue weighted by atomic mass is 16.6. The number of ether oxygens (including phenoxy) is 2. The molecule has 0 amide bonds. The van der Waals surface area contributed by atoms with Crippen LogP contribution in [0.5, 0.6) is 0 Å². The lowest BCUT2D eigenvalue weighted by Gasteiger charge is -2.33. The second-order valence-corrected chi connectivity index (χ2v) is 5.55. The number of hydrogen-bond acceptors (Lipinski definition) is 9. The summed E-state index contributed by atoms with van der Waals surface area (Å²) < 4.78 is 13.1. The smallest absolute Gasteiger partial charge is 0.224 e. The van der Waals surface area contributed by atoms with Gasteiger partial charge in [0.1, 0.15) is 23.3 Å². The molecule has 4 rings (SSSR count). The van der Waals surface area contributed by atoms with Crippen LogP contribution in [-0.2, 0) is 9.47 Å². The lowest BCUT2D eigenvalue weighted by molar-refractivity contribution is -0.143. The summed E-state index contributed by atoms with van der Waals surface area (Å²) >= 11 is 0. The number of hydrogen-bond donors (Lipinski definition) is 4. The Hall–Kier alpha value is -2.01. The Morgan fingerprint density at radius 2 is 2.23 bits per heavy atom. The van der Waals surface area contributed by atoms with E-state index in [2.05, 4.69) is 15.0 Å². The van der Waals surface area contributed by atoms with Crippen LogP contribution in [-0.4, -0.2) is 60.8 Å². The van der Waals surface area contributed by atoms with E-state index in [1.54, 1.807) is 4.57 Å². The van der Waals surface area contributed by atoms with Crippen molar-refractivity contribution in [3.8, 4) is 0 Å². The van der Waals surface area contributed by atoms with Crippen LogP contribution in [0.1, 0.15) is 12.6 Å². The van der Waals surface area contributed by atoms with Gasteiger partial charge in [0.25, 0.3) is 0 Å². The molecule has 2 saturated heterocycles. The lowest BCUT2D eigenvalue weighted by Crippen LogP contribution is -2.51. The Bertz CT molecular complexity index is 736. The molecule has 6 N–H and O–H groups in total. The van der Waals surface area contributed by atoms with Gasteiger partial charge in [-0.3, -0.25) is 4.57 Å². The molecule has 2 aliphatic rings. The number of imidazole rings is 1. The first-order chi connectivity index (χ1) is 10.6. The minimum Gasteiger partial charge on any atom is -0.393 e. The Morgan fingerprint density at radius 1 is 1.41 bits per heavy atom. The molecule has 22 heavy (non-hydrogen) atoms.